The maximum atomic E-state index is 13.1. The van der Waals surface area contributed by atoms with Crippen LogP contribution in [0.1, 0.15) is 45.7 Å². The summed E-state index contributed by atoms with van der Waals surface area (Å²) in [5, 5.41) is 8.46. The van der Waals surface area contributed by atoms with E-state index in [0.717, 1.165) is 6.42 Å². The molecular formula is C28H36N4O6. The van der Waals surface area contributed by atoms with Crippen molar-refractivity contribution in [2.45, 2.75) is 40.2 Å². The minimum atomic E-state index is -0.678. The van der Waals surface area contributed by atoms with E-state index < -0.39 is 18.0 Å². The molecule has 0 saturated carbocycles. The van der Waals surface area contributed by atoms with Gasteiger partial charge in [-0.1, -0.05) is 32.9 Å². The van der Waals surface area contributed by atoms with E-state index in [0.29, 0.717) is 46.3 Å². The lowest BCUT2D eigenvalue weighted by Gasteiger charge is -2.35. The Bertz CT molecular complexity index is 1170. The molecule has 1 aliphatic rings. The van der Waals surface area contributed by atoms with E-state index in [1.807, 2.05) is 20.8 Å². The van der Waals surface area contributed by atoms with Gasteiger partial charge >= 0.3 is 18.0 Å². The van der Waals surface area contributed by atoms with Crippen LogP contribution in [0.5, 0.6) is 11.5 Å². The van der Waals surface area contributed by atoms with E-state index in [2.05, 4.69) is 16.0 Å². The van der Waals surface area contributed by atoms with E-state index in [4.69, 9.17) is 14.2 Å². The summed E-state index contributed by atoms with van der Waals surface area (Å²) in [6.07, 6.45) is 0.745. The lowest BCUT2D eigenvalue weighted by Crippen LogP contribution is -2.48. The van der Waals surface area contributed by atoms with Crippen LogP contribution in [0.3, 0.4) is 0 Å². The van der Waals surface area contributed by atoms with Crippen LogP contribution in [-0.4, -0.2) is 50.3 Å². The summed E-state index contributed by atoms with van der Waals surface area (Å²) in [5.41, 5.74) is 2.69. The first kappa shape index (κ1) is 28.4. The molecule has 1 aliphatic heterocycles. The van der Waals surface area contributed by atoms with Crippen molar-refractivity contribution in [1.82, 2.24) is 10.2 Å². The molecule has 2 aromatic rings. The Labute approximate surface area is 223 Å². The Balaban J connectivity index is 1.79. The van der Waals surface area contributed by atoms with Crippen LogP contribution in [0.15, 0.2) is 53.7 Å². The molecule has 204 valence electrons. The van der Waals surface area contributed by atoms with Gasteiger partial charge in [0.1, 0.15) is 11.5 Å². The molecular weight excluding hydrogens is 488 g/mol. The summed E-state index contributed by atoms with van der Waals surface area (Å²) in [6, 6.07) is 10.6. The number of benzene rings is 2. The quantitative estimate of drug-likeness (QED) is 0.363. The molecule has 1 atom stereocenters. The van der Waals surface area contributed by atoms with Gasteiger partial charge in [-0.3, -0.25) is 4.90 Å². The minimum Gasteiger partial charge on any atom is -0.497 e. The number of nitrogens with zero attached hydrogens (tertiary/aromatic N) is 1. The lowest BCUT2D eigenvalue weighted by atomic mass is 9.94. The average molecular weight is 525 g/mol. The number of carbonyl (C=O) groups excluding carboxylic acids is 3. The van der Waals surface area contributed by atoms with Crippen LogP contribution in [0.4, 0.5) is 21.0 Å². The Morgan fingerprint density at radius 3 is 2.16 bits per heavy atom. The number of nitrogens with one attached hydrogen (secondary N) is 3. The Kier molecular flexibility index (Phi) is 9.59. The fourth-order valence-corrected chi connectivity index (χ4v) is 4.04. The molecule has 10 nitrogen and oxygen atoms in total. The number of hydrogen-bond donors (Lipinski definition) is 3. The highest BCUT2D eigenvalue weighted by molar-refractivity contribution is 6.00. The van der Waals surface area contributed by atoms with Crippen LogP contribution in [0, 0.1) is 5.92 Å². The van der Waals surface area contributed by atoms with Gasteiger partial charge in [0.15, 0.2) is 0 Å². The molecule has 0 aliphatic carbocycles. The highest BCUT2D eigenvalue weighted by Gasteiger charge is 2.36. The number of esters is 1. The SMILES string of the molecule is CCCN1C(=O)NC(c2ccc(NC(=O)Nc3cc(OC)cc(OC)c3)cc2)C(C(=O)OCC(C)C)=C1C. The number of carbonyl (C=O) groups is 3. The van der Waals surface area contributed by atoms with Crippen molar-refractivity contribution >= 4 is 29.4 Å². The zero-order valence-corrected chi connectivity index (χ0v) is 22.7. The molecule has 4 amide bonds. The molecule has 10 heteroatoms. The minimum absolute atomic E-state index is 0.179. The van der Waals surface area contributed by atoms with Crippen LogP contribution < -0.4 is 25.4 Å². The summed E-state index contributed by atoms with van der Waals surface area (Å²) in [7, 11) is 3.06. The monoisotopic (exact) mass is 524 g/mol. The Hall–Kier alpha value is -4.21. The van der Waals surface area contributed by atoms with Crippen molar-refractivity contribution in [2.24, 2.45) is 5.92 Å². The molecule has 1 unspecified atom stereocenters. The van der Waals surface area contributed by atoms with Gasteiger partial charge in [-0.2, -0.15) is 0 Å². The summed E-state index contributed by atoms with van der Waals surface area (Å²) < 4.78 is 16.0. The zero-order valence-electron chi connectivity index (χ0n) is 22.7. The maximum Gasteiger partial charge on any atom is 0.338 e. The first-order chi connectivity index (χ1) is 18.2. The van der Waals surface area contributed by atoms with Crippen molar-refractivity contribution in [3.63, 3.8) is 0 Å². The third kappa shape index (κ3) is 6.96. The van der Waals surface area contributed by atoms with Gasteiger partial charge in [0, 0.05) is 41.8 Å². The number of anilines is 2. The van der Waals surface area contributed by atoms with Gasteiger partial charge < -0.3 is 30.2 Å². The largest absolute Gasteiger partial charge is 0.497 e. The number of methoxy groups -OCH3 is 2. The molecule has 2 aromatic carbocycles. The molecule has 1 heterocycles. The predicted octanol–water partition coefficient (Wildman–Crippen LogP) is 5.30. The third-order valence-corrected chi connectivity index (χ3v) is 5.92. The van der Waals surface area contributed by atoms with Crippen LogP contribution in [0.2, 0.25) is 0 Å². The number of hydrogen-bond acceptors (Lipinski definition) is 6. The van der Waals surface area contributed by atoms with E-state index >= 15 is 0 Å². The fraction of sp³-hybridized carbons (Fsp3) is 0.393. The Morgan fingerprint density at radius 1 is 1.00 bits per heavy atom. The second-order valence-electron chi connectivity index (χ2n) is 9.33. The Morgan fingerprint density at radius 2 is 1.61 bits per heavy atom. The van der Waals surface area contributed by atoms with Crippen molar-refractivity contribution in [3.8, 4) is 11.5 Å². The first-order valence-electron chi connectivity index (χ1n) is 12.5. The molecule has 0 radical (unpaired) electrons. The molecule has 38 heavy (non-hydrogen) atoms. The lowest BCUT2D eigenvalue weighted by molar-refractivity contribution is -0.140. The first-order valence-corrected chi connectivity index (χ1v) is 12.5. The second-order valence-corrected chi connectivity index (χ2v) is 9.33. The van der Waals surface area contributed by atoms with Gasteiger partial charge in [-0.05, 0) is 37.0 Å². The predicted molar refractivity (Wildman–Crippen MR) is 145 cm³/mol. The van der Waals surface area contributed by atoms with Crippen molar-refractivity contribution in [3.05, 3.63) is 59.3 Å². The van der Waals surface area contributed by atoms with Gasteiger partial charge in [-0.25, -0.2) is 14.4 Å². The summed E-state index contributed by atoms with van der Waals surface area (Å²) >= 11 is 0. The standard InChI is InChI=1S/C28H36N4O6/c1-7-12-32-18(4)24(26(33)38-16-17(2)3)25(31-28(32)35)19-8-10-20(11-9-19)29-27(34)30-21-13-22(36-5)15-23(14-21)37-6/h8-11,13-15,17,25H,7,12,16H2,1-6H3,(H,31,35)(H2,29,30,34). The maximum absolute atomic E-state index is 13.1. The molecule has 0 aromatic heterocycles. The van der Waals surface area contributed by atoms with Gasteiger partial charge in [0.2, 0.25) is 0 Å². The molecule has 3 N–H and O–H groups in total. The third-order valence-electron chi connectivity index (χ3n) is 5.92. The van der Waals surface area contributed by atoms with Crippen molar-refractivity contribution in [2.75, 3.05) is 38.0 Å². The molecule has 3 rings (SSSR count). The van der Waals surface area contributed by atoms with E-state index in [-0.39, 0.29) is 18.6 Å². The normalized spacial score (nSPS) is 15.2. The summed E-state index contributed by atoms with van der Waals surface area (Å²) in [5.74, 6) is 0.805. The summed E-state index contributed by atoms with van der Waals surface area (Å²) in [4.78, 5) is 40.1. The van der Waals surface area contributed by atoms with Gasteiger partial charge in [0.25, 0.3) is 0 Å². The van der Waals surface area contributed by atoms with Crippen LogP contribution in [0.25, 0.3) is 0 Å². The van der Waals surface area contributed by atoms with Gasteiger partial charge in [-0.15, -0.1) is 0 Å². The summed E-state index contributed by atoms with van der Waals surface area (Å²) in [6.45, 7) is 8.43. The fourth-order valence-electron chi connectivity index (χ4n) is 4.04. The second kappa shape index (κ2) is 12.8. The molecule has 0 saturated heterocycles. The molecule has 0 bridgehead atoms. The van der Waals surface area contributed by atoms with Gasteiger partial charge in [0.05, 0.1) is 32.4 Å². The highest BCUT2D eigenvalue weighted by atomic mass is 16.5. The number of urea groups is 2. The van der Waals surface area contributed by atoms with Crippen LogP contribution in [-0.2, 0) is 9.53 Å². The number of ether oxygens (including phenoxy) is 3. The zero-order chi connectivity index (χ0) is 27.8. The highest BCUT2D eigenvalue weighted by Crippen LogP contribution is 2.32. The van der Waals surface area contributed by atoms with Crippen molar-refractivity contribution in [1.29, 1.82) is 0 Å². The van der Waals surface area contributed by atoms with E-state index in [1.165, 1.54) is 14.2 Å². The van der Waals surface area contributed by atoms with Crippen molar-refractivity contribution < 1.29 is 28.6 Å². The molecule has 0 fully saturated rings. The number of rotatable bonds is 10. The number of amides is 4. The molecule has 0 spiro atoms. The van der Waals surface area contributed by atoms with E-state index in [1.54, 1.807) is 54.3 Å². The van der Waals surface area contributed by atoms with E-state index in [9.17, 15) is 14.4 Å². The van der Waals surface area contributed by atoms with Crippen LogP contribution >= 0.6 is 0 Å². The topological polar surface area (TPSA) is 118 Å². The smallest absolute Gasteiger partial charge is 0.338 e. The number of allylic oxidation sites excluding steroid dienone is 1. The average Bonchev–Trinajstić information content (AvgIpc) is 2.89.